The van der Waals surface area contributed by atoms with E-state index in [9.17, 15) is 0 Å². The Balaban J connectivity index is 1.58. The number of methoxy groups -OCH3 is 1. The minimum atomic E-state index is 0.421. The van der Waals surface area contributed by atoms with E-state index in [0.717, 1.165) is 49.7 Å². The zero-order valence-electron chi connectivity index (χ0n) is 16.6. The topological polar surface area (TPSA) is 48.9 Å². The van der Waals surface area contributed by atoms with Crippen molar-refractivity contribution in [1.82, 2.24) is 10.6 Å². The smallest absolute Gasteiger partial charge is 0.191 e. The molecule has 0 atom stereocenters. The first-order chi connectivity index (χ1) is 13.7. The minimum Gasteiger partial charge on any atom is -0.496 e. The van der Waals surface area contributed by atoms with E-state index in [-0.39, 0.29) is 0 Å². The highest BCUT2D eigenvalue weighted by molar-refractivity contribution is 6.30. The van der Waals surface area contributed by atoms with Crippen LogP contribution in [0.1, 0.15) is 25.3 Å². The molecule has 1 aliphatic rings. The molecule has 2 aromatic rings. The first-order valence-corrected chi connectivity index (χ1v) is 10.2. The van der Waals surface area contributed by atoms with E-state index in [4.69, 9.17) is 21.3 Å². The van der Waals surface area contributed by atoms with E-state index in [1.54, 1.807) is 7.11 Å². The normalized spacial score (nSPS) is 15.4. The molecule has 6 heteroatoms. The highest BCUT2D eigenvalue weighted by atomic mass is 35.5. The van der Waals surface area contributed by atoms with Crippen molar-refractivity contribution >= 4 is 23.2 Å². The number of ether oxygens (including phenoxy) is 1. The Morgan fingerprint density at radius 2 is 1.93 bits per heavy atom. The number of para-hydroxylation sites is 1. The lowest BCUT2D eigenvalue weighted by Crippen LogP contribution is -2.48. The first-order valence-electron chi connectivity index (χ1n) is 9.87. The molecular formula is C22H29ClN4O. The van der Waals surface area contributed by atoms with Crippen molar-refractivity contribution in [3.8, 4) is 5.75 Å². The highest BCUT2D eigenvalue weighted by Gasteiger charge is 2.20. The van der Waals surface area contributed by atoms with Crippen LogP contribution < -0.4 is 20.3 Å². The third-order valence-corrected chi connectivity index (χ3v) is 5.19. The maximum Gasteiger partial charge on any atom is 0.191 e. The van der Waals surface area contributed by atoms with E-state index >= 15 is 0 Å². The van der Waals surface area contributed by atoms with Crippen molar-refractivity contribution in [2.24, 2.45) is 4.99 Å². The Kier molecular flexibility index (Phi) is 7.43. The molecule has 1 saturated heterocycles. The number of guanidine groups is 1. The van der Waals surface area contributed by atoms with E-state index in [1.165, 1.54) is 5.69 Å². The van der Waals surface area contributed by atoms with Gasteiger partial charge in [-0.3, -0.25) is 0 Å². The van der Waals surface area contributed by atoms with Gasteiger partial charge in [-0.2, -0.15) is 0 Å². The van der Waals surface area contributed by atoms with Crippen LogP contribution in [-0.4, -0.2) is 38.7 Å². The SMILES string of the molecule is CCNC(=NCc1ccc(Cl)cc1OC)NC1CCN(c2ccccc2)CC1. The lowest BCUT2D eigenvalue weighted by atomic mass is 10.0. The van der Waals surface area contributed by atoms with Gasteiger partial charge in [-0.1, -0.05) is 35.9 Å². The quantitative estimate of drug-likeness (QED) is 0.566. The molecule has 0 aliphatic carbocycles. The molecule has 0 unspecified atom stereocenters. The van der Waals surface area contributed by atoms with Crippen LogP contribution in [0.2, 0.25) is 5.02 Å². The Morgan fingerprint density at radius 3 is 2.61 bits per heavy atom. The number of hydrogen-bond donors (Lipinski definition) is 2. The summed E-state index contributed by atoms with van der Waals surface area (Å²) in [6.07, 6.45) is 2.17. The zero-order valence-corrected chi connectivity index (χ0v) is 17.4. The number of nitrogens with one attached hydrogen (secondary N) is 2. The van der Waals surface area contributed by atoms with Gasteiger partial charge < -0.3 is 20.3 Å². The molecule has 150 valence electrons. The van der Waals surface area contributed by atoms with Crippen molar-refractivity contribution in [2.45, 2.75) is 32.4 Å². The van der Waals surface area contributed by atoms with Crippen LogP contribution in [0.25, 0.3) is 0 Å². The van der Waals surface area contributed by atoms with Crippen LogP contribution in [0.3, 0.4) is 0 Å². The second-order valence-electron chi connectivity index (χ2n) is 6.89. The van der Waals surface area contributed by atoms with Gasteiger partial charge in [0.2, 0.25) is 0 Å². The standard InChI is InChI=1S/C22H29ClN4O/c1-3-24-22(25-16-17-9-10-18(23)15-21(17)28-2)26-19-11-13-27(14-12-19)20-7-5-4-6-8-20/h4-10,15,19H,3,11-14,16H2,1-2H3,(H2,24,25,26). The molecule has 2 aromatic carbocycles. The third kappa shape index (κ3) is 5.55. The summed E-state index contributed by atoms with van der Waals surface area (Å²) < 4.78 is 5.42. The highest BCUT2D eigenvalue weighted by Crippen LogP contribution is 2.24. The van der Waals surface area contributed by atoms with Crippen LogP contribution in [0, 0.1) is 0 Å². The van der Waals surface area contributed by atoms with E-state index in [0.29, 0.717) is 17.6 Å². The van der Waals surface area contributed by atoms with Gasteiger partial charge in [-0.25, -0.2) is 4.99 Å². The Labute approximate surface area is 172 Å². The summed E-state index contributed by atoms with van der Waals surface area (Å²) in [6, 6.07) is 16.7. The number of piperidine rings is 1. The van der Waals surface area contributed by atoms with Crippen molar-refractivity contribution in [1.29, 1.82) is 0 Å². The average molecular weight is 401 g/mol. The summed E-state index contributed by atoms with van der Waals surface area (Å²) in [5, 5.41) is 7.61. The van der Waals surface area contributed by atoms with Crippen molar-refractivity contribution in [3.05, 3.63) is 59.1 Å². The van der Waals surface area contributed by atoms with Gasteiger partial charge in [0, 0.05) is 41.9 Å². The number of halogens is 1. The van der Waals surface area contributed by atoms with Crippen molar-refractivity contribution in [2.75, 3.05) is 31.6 Å². The fourth-order valence-corrected chi connectivity index (χ4v) is 3.61. The lowest BCUT2D eigenvalue weighted by Gasteiger charge is -2.34. The molecule has 0 spiro atoms. The molecule has 1 aliphatic heterocycles. The first kappa shape index (κ1) is 20.3. The molecule has 0 saturated carbocycles. The summed E-state index contributed by atoms with van der Waals surface area (Å²) in [5.41, 5.74) is 2.32. The monoisotopic (exact) mass is 400 g/mol. The lowest BCUT2D eigenvalue weighted by molar-refractivity contribution is 0.410. The van der Waals surface area contributed by atoms with Gasteiger partial charge >= 0.3 is 0 Å². The largest absolute Gasteiger partial charge is 0.496 e. The second kappa shape index (κ2) is 10.2. The summed E-state index contributed by atoms with van der Waals surface area (Å²) >= 11 is 6.05. The Bertz CT molecular complexity index is 773. The molecule has 2 N–H and O–H groups in total. The Morgan fingerprint density at radius 1 is 1.18 bits per heavy atom. The average Bonchev–Trinajstić information content (AvgIpc) is 2.74. The Hall–Kier alpha value is -2.40. The molecule has 28 heavy (non-hydrogen) atoms. The number of anilines is 1. The predicted octanol–water partition coefficient (Wildman–Crippen LogP) is 4.07. The van der Waals surface area contributed by atoms with Crippen LogP contribution in [0.15, 0.2) is 53.5 Å². The van der Waals surface area contributed by atoms with Crippen molar-refractivity contribution in [3.63, 3.8) is 0 Å². The molecule has 0 aromatic heterocycles. The van der Waals surface area contributed by atoms with Crippen LogP contribution in [-0.2, 0) is 6.54 Å². The molecule has 0 amide bonds. The molecule has 1 fully saturated rings. The van der Waals surface area contributed by atoms with Crippen molar-refractivity contribution < 1.29 is 4.74 Å². The number of benzene rings is 2. The van der Waals surface area contributed by atoms with Gasteiger partial charge in [0.15, 0.2) is 5.96 Å². The maximum absolute atomic E-state index is 6.05. The summed E-state index contributed by atoms with van der Waals surface area (Å²) in [4.78, 5) is 7.20. The summed E-state index contributed by atoms with van der Waals surface area (Å²) in [5.74, 6) is 1.61. The number of aliphatic imine (C=N–C) groups is 1. The number of hydrogen-bond acceptors (Lipinski definition) is 3. The van der Waals surface area contributed by atoms with E-state index < -0.39 is 0 Å². The third-order valence-electron chi connectivity index (χ3n) is 4.96. The molecule has 0 bridgehead atoms. The number of rotatable bonds is 6. The predicted molar refractivity (Wildman–Crippen MR) is 118 cm³/mol. The van der Waals surface area contributed by atoms with Gasteiger partial charge in [0.25, 0.3) is 0 Å². The summed E-state index contributed by atoms with van der Waals surface area (Å²) in [7, 11) is 1.66. The zero-order chi connectivity index (χ0) is 19.8. The van der Waals surface area contributed by atoms with Crippen LogP contribution >= 0.6 is 11.6 Å². The molecule has 3 rings (SSSR count). The fourth-order valence-electron chi connectivity index (χ4n) is 3.45. The van der Waals surface area contributed by atoms with Gasteiger partial charge in [0.05, 0.1) is 13.7 Å². The summed E-state index contributed by atoms with van der Waals surface area (Å²) in [6.45, 7) is 5.54. The van der Waals surface area contributed by atoms with Crippen LogP contribution in [0.5, 0.6) is 5.75 Å². The van der Waals surface area contributed by atoms with E-state index in [2.05, 4.69) is 52.8 Å². The fraction of sp³-hybridized carbons (Fsp3) is 0.409. The molecule has 1 heterocycles. The second-order valence-corrected chi connectivity index (χ2v) is 7.33. The molecular weight excluding hydrogens is 372 g/mol. The van der Waals surface area contributed by atoms with Crippen LogP contribution in [0.4, 0.5) is 5.69 Å². The molecule has 0 radical (unpaired) electrons. The van der Waals surface area contributed by atoms with Gasteiger partial charge in [-0.15, -0.1) is 0 Å². The van der Waals surface area contributed by atoms with E-state index in [1.807, 2.05) is 18.2 Å². The molecule has 5 nitrogen and oxygen atoms in total. The van der Waals surface area contributed by atoms with Gasteiger partial charge in [0.1, 0.15) is 5.75 Å². The minimum absolute atomic E-state index is 0.421. The number of nitrogens with zero attached hydrogens (tertiary/aromatic N) is 2. The van der Waals surface area contributed by atoms with Gasteiger partial charge in [-0.05, 0) is 44.0 Å². The maximum atomic E-state index is 6.05.